The normalized spacial score (nSPS) is 10.1. The molecule has 0 aliphatic rings. The van der Waals surface area contributed by atoms with Crippen molar-refractivity contribution in [1.29, 1.82) is 0 Å². The van der Waals surface area contributed by atoms with Crippen LogP contribution in [0.1, 0.15) is 10.4 Å². The van der Waals surface area contributed by atoms with Crippen molar-refractivity contribution in [2.24, 2.45) is 5.73 Å². The van der Waals surface area contributed by atoms with E-state index in [-0.39, 0.29) is 17.1 Å². The van der Waals surface area contributed by atoms with Gasteiger partial charge in [-0.15, -0.1) is 20.5 Å². The van der Waals surface area contributed by atoms with Gasteiger partial charge in [0.05, 0.1) is 11.8 Å². The molecular formula is C4H5Cl2CuN3O9. The van der Waals surface area contributed by atoms with Gasteiger partial charge in [-0.2, -0.15) is 5.10 Å². The van der Waals surface area contributed by atoms with E-state index in [1.165, 1.54) is 12.4 Å². The van der Waals surface area contributed by atoms with Gasteiger partial charge in [0.1, 0.15) is 0 Å². The average Bonchev–Trinajstić information content (AvgIpc) is 2.46. The number of amides is 1. The number of nitrogens with one attached hydrogen (secondary N) is 1. The van der Waals surface area contributed by atoms with Crippen molar-refractivity contribution in [1.82, 2.24) is 10.2 Å². The van der Waals surface area contributed by atoms with Crippen molar-refractivity contribution in [2.75, 3.05) is 0 Å². The Morgan fingerprint density at radius 2 is 1.37 bits per heavy atom. The number of hydrogen-bond donors (Lipinski definition) is 2. The Labute approximate surface area is 120 Å². The number of halogens is 2. The number of rotatable bonds is 1. The summed E-state index contributed by atoms with van der Waals surface area (Å²) in [6, 6.07) is 0. The summed E-state index contributed by atoms with van der Waals surface area (Å²) in [4.78, 5) is 10.2. The largest absolute Gasteiger partial charge is 2.00 e. The van der Waals surface area contributed by atoms with Crippen molar-refractivity contribution in [3.8, 4) is 0 Å². The van der Waals surface area contributed by atoms with E-state index >= 15 is 0 Å². The second-order valence-electron chi connectivity index (χ2n) is 2.11. The van der Waals surface area contributed by atoms with Crippen LogP contribution in [0.15, 0.2) is 12.4 Å². The minimum atomic E-state index is -4.94. The smallest absolute Gasteiger partial charge is 0.366 e. The van der Waals surface area contributed by atoms with Gasteiger partial charge in [-0.05, 0) is 0 Å². The number of H-pyrrole nitrogens is 1. The van der Waals surface area contributed by atoms with Gasteiger partial charge >= 0.3 is 17.1 Å². The molecule has 1 rings (SSSR count). The van der Waals surface area contributed by atoms with Crippen LogP contribution in [0.3, 0.4) is 0 Å². The van der Waals surface area contributed by atoms with Crippen LogP contribution < -0.4 is 43.0 Å². The topological polar surface area (TPSA) is 256 Å². The first-order valence-corrected chi connectivity index (χ1v) is 5.79. The number of primary amides is 1. The molecular weight excluding hydrogens is 369 g/mol. The first-order chi connectivity index (χ1) is 7.80. The van der Waals surface area contributed by atoms with Gasteiger partial charge in [0.15, 0.2) is 0 Å². The monoisotopic (exact) mass is 372 g/mol. The minimum absolute atomic E-state index is 0. The molecule has 0 saturated carbocycles. The van der Waals surface area contributed by atoms with E-state index in [2.05, 4.69) is 10.2 Å². The Morgan fingerprint density at radius 1 is 1.05 bits per heavy atom. The molecule has 12 nitrogen and oxygen atoms in total. The molecule has 0 saturated heterocycles. The second-order valence-corrected chi connectivity index (χ2v) is 3.62. The van der Waals surface area contributed by atoms with Gasteiger partial charge in [0, 0.05) is 6.20 Å². The minimum Gasteiger partial charge on any atom is -0.366 e. The quantitative estimate of drug-likeness (QED) is 0.439. The molecule has 0 bridgehead atoms. The van der Waals surface area contributed by atoms with Crippen molar-refractivity contribution in [3.05, 3.63) is 18.0 Å². The summed E-state index contributed by atoms with van der Waals surface area (Å²) in [5.41, 5.74) is 5.27. The third-order valence-corrected chi connectivity index (χ3v) is 0.783. The number of carbonyl (C=O) groups excluding carboxylic acids is 1. The summed E-state index contributed by atoms with van der Waals surface area (Å²) in [6.45, 7) is 0. The van der Waals surface area contributed by atoms with Crippen LogP contribution in [0, 0.1) is 20.5 Å². The maximum Gasteiger partial charge on any atom is 2.00 e. The molecule has 19 heavy (non-hydrogen) atoms. The van der Waals surface area contributed by atoms with Crippen LogP contribution in [0.5, 0.6) is 0 Å². The Kier molecular flexibility index (Phi) is 12.7. The van der Waals surface area contributed by atoms with Crippen LogP contribution in [0.4, 0.5) is 0 Å². The Morgan fingerprint density at radius 3 is 1.47 bits per heavy atom. The number of aromatic amines is 1. The van der Waals surface area contributed by atoms with E-state index in [1.807, 2.05) is 0 Å². The maximum atomic E-state index is 10.2. The molecule has 0 aromatic carbocycles. The van der Waals surface area contributed by atoms with Gasteiger partial charge in [-0.25, -0.2) is 37.3 Å². The summed E-state index contributed by atoms with van der Waals surface area (Å²) >= 11 is 0. The van der Waals surface area contributed by atoms with Gasteiger partial charge in [-0.3, -0.25) is 9.89 Å². The summed E-state index contributed by atoms with van der Waals surface area (Å²) in [5.74, 6) is -0.459. The van der Waals surface area contributed by atoms with Crippen LogP contribution in [-0.2, 0) is 17.1 Å². The molecule has 0 aliphatic carbocycles. The van der Waals surface area contributed by atoms with E-state index in [4.69, 9.17) is 43.0 Å². The SMILES string of the molecule is NC(=O)c1cn[nH]c1.[Cu+2].[O-][Cl+3]([O-])([O-])[O-].[O-][Cl+3]([O-])([O-])[O-]. The molecule has 0 spiro atoms. The zero-order valence-electron chi connectivity index (χ0n) is 8.41. The molecule has 0 aliphatic heterocycles. The van der Waals surface area contributed by atoms with Crippen LogP contribution in [-0.4, -0.2) is 16.1 Å². The van der Waals surface area contributed by atoms with E-state index in [9.17, 15) is 4.79 Å². The van der Waals surface area contributed by atoms with Crippen LogP contribution >= 0.6 is 0 Å². The maximum absolute atomic E-state index is 10.2. The zero-order chi connectivity index (χ0) is 15.0. The van der Waals surface area contributed by atoms with E-state index < -0.39 is 26.4 Å². The van der Waals surface area contributed by atoms with Gasteiger partial charge < -0.3 is 5.73 Å². The molecule has 1 aromatic rings. The summed E-state index contributed by atoms with van der Waals surface area (Å²) in [6.07, 6.45) is 2.82. The Balaban J connectivity index is -0.000000208. The standard InChI is InChI=1S/C4H5N3O.2ClHO4.Cu/c5-4(8)3-1-6-7-2-3;2*2-1(3,4)5;/h1-2H,(H2,5,8)(H,6,7);2*(H,2,3,4,5);/q;;;+2/p-2. The van der Waals surface area contributed by atoms with Crippen molar-refractivity contribution < 1.29 is 79.6 Å². The summed E-state index contributed by atoms with van der Waals surface area (Å²) in [7, 11) is -9.89. The number of carbonyl (C=O) groups is 1. The van der Waals surface area contributed by atoms with E-state index in [0.717, 1.165) is 0 Å². The van der Waals surface area contributed by atoms with Gasteiger partial charge in [0.25, 0.3) is 5.91 Å². The fourth-order valence-corrected chi connectivity index (χ4v) is 0.386. The number of aromatic nitrogens is 2. The molecule has 15 heteroatoms. The Bertz CT molecular complexity index is 312. The van der Waals surface area contributed by atoms with Crippen molar-refractivity contribution >= 4 is 5.91 Å². The fourth-order valence-electron chi connectivity index (χ4n) is 0.386. The predicted molar refractivity (Wildman–Crippen MR) is 27.1 cm³/mol. The zero-order valence-corrected chi connectivity index (χ0v) is 10.9. The predicted octanol–water partition coefficient (Wildman–Crippen LogP) is -10.0. The third kappa shape index (κ3) is 38.1. The average molecular weight is 374 g/mol. The number of nitrogens with two attached hydrogens (primary N) is 1. The first kappa shape index (κ1) is 23.5. The van der Waals surface area contributed by atoms with E-state index in [0.29, 0.717) is 5.56 Å². The Hall–Kier alpha value is -0.541. The van der Waals surface area contributed by atoms with Gasteiger partial charge in [0.2, 0.25) is 0 Å². The summed E-state index contributed by atoms with van der Waals surface area (Å²) < 4.78 is 67.9. The molecule has 115 valence electrons. The van der Waals surface area contributed by atoms with E-state index in [1.54, 1.807) is 0 Å². The molecule has 1 aromatic heterocycles. The molecule has 1 radical (unpaired) electrons. The number of hydrogen-bond acceptors (Lipinski definition) is 10. The molecule has 0 atom stereocenters. The van der Waals surface area contributed by atoms with Crippen molar-refractivity contribution in [2.45, 2.75) is 0 Å². The molecule has 1 amide bonds. The first-order valence-electron chi connectivity index (χ1n) is 3.33. The number of nitrogens with zero attached hydrogens (tertiary/aromatic N) is 1. The third-order valence-electron chi connectivity index (χ3n) is 0.783. The van der Waals surface area contributed by atoms with Crippen LogP contribution in [0.2, 0.25) is 0 Å². The fraction of sp³-hybridized carbons (Fsp3) is 0. The van der Waals surface area contributed by atoms with Crippen molar-refractivity contribution in [3.63, 3.8) is 0 Å². The second kappa shape index (κ2) is 10.3. The van der Waals surface area contributed by atoms with Gasteiger partial charge in [-0.1, -0.05) is 0 Å². The molecule has 3 N–H and O–H groups in total. The molecule has 1 heterocycles. The van der Waals surface area contributed by atoms with Crippen LogP contribution in [0.25, 0.3) is 0 Å². The molecule has 0 fully saturated rings. The summed E-state index contributed by atoms with van der Waals surface area (Å²) in [5, 5.41) is 5.98. The molecule has 0 unspecified atom stereocenters.